The van der Waals surface area contributed by atoms with Crippen molar-refractivity contribution in [2.45, 2.75) is 13.8 Å². The van der Waals surface area contributed by atoms with Gasteiger partial charge in [0, 0.05) is 24.8 Å². The van der Waals surface area contributed by atoms with E-state index in [4.69, 9.17) is 5.11 Å². The molecule has 0 aliphatic carbocycles. The highest BCUT2D eigenvalue weighted by Gasteiger charge is 2.23. The minimum absolute atomic E-state index is 0.00134. The zero-order valence-electron chi connectivity index (χ0n) is 9.02. The molecule has 0 aromatic rings. The van der Waals surface area contributed by atoms with E-state index in [0.29, 0.717) is 0 Å². The molecule has 0 radical (unpaired) electrons. The summed E-state index contributed by atoms with van der Waals surface area (Å²) in [6.45, 7) is 3.14. The third-order valence-electron chi connectivity index (χ3n) is 1.57. The molecule has 0 heterocycles. The van der Waals surface area contributed by atoms with E-state index in [9.17, 15) is 16.8 Å². The Kier molecular flexibility index (Phi) is 4.71. The molecule has 0 amide bonds. The van der Waals surface area contributed by atoms with Crippen LogP contribution in [0.2, 0.25) is 0 Å². The Balaban J connectivity index is 4.43. The summed E-state index contributed by atoms with van der Waals surface area (Å²) < 4.78 is 46.2. The first kappa shape index (κ1) is 14.8. The second-order valence-electron chi connectivity index (χ2n) is 4.30. The molecule has 0 aromatic carbocycles. The van der Waals surface area contributed by atoms with E-state index >= 15 is 0 Å². The molecule has 0 spiro atoms. The van der Waals surface area contributed by atoms with E-state index in [1.807, 2.05) is 0 Å². The Morgan fingerprint density at radius 2 is 1.67 bits per heavy atom. The van der Waals surface area contributed by atoms with Crippen molar-refractivity contribution in [1.29, 1.82) is 0 Å². The minimum atomic E-state index is -3.83. The molecule has 0 fully saturated rings. The van der Waals surface area contributed by atoms with Crippen molar-refractivity contribution in [2.75, 3.05) is 24.5 Å². The summed E-state index contributed by atoms with van der Waals surface area (Å²) in [7, 11) is -7.40. The largest absolute Gasteiger partial charge is 0.396 e. The lowest BCUT2D eigenvalue weighted by molar-refractivity contribution is 0.163. The fourth-order valence-electron chi connectivity index (χ4n) is 0.685. The van der Waals surface area contributed by atoms with Crippen molar-refractivity contribution >= 4 is 19.9 Å². The molecule has 0 rings (SSSR count). The number of sulfonamides is 1. The number of hydrogen-bond acceptors (Lipinski definition) is 5. The summed E-state index contributed by atoms with van der Waals surface area (Å²) >= 11 is 0. The zero-order valence-corrected chi connectivity index (χ0v) is 10.7. The quantitative estimate of drug-likeness (QED) is 0.632. The van der Waals surface area contributed by atoms with E-state index in [1.165, 1.54) is 0 Å². The van der Waals surface area contributed by atoms with Gasteiger partial charge >= 0.3 is 0 Å². The second kappa shape index (κ2) is 4.77. The van der Waals surface area contributed by atoms with Crippen molar-refractivity contribution in [3.05, 3.63) is 0 Å². The van der Waals surface area contributed by atoms with Gasteiger partial charge in [-0.15, -0.1) is 0 Å². The van der Waals surface area contributed by atoms with Crippen molar-refractivity contribution < 1.29 is 21.9 Å². The average molecular weight is 259 g/mol. The Labute approximate surface area is 90.7 Å². The molecular weight excluding hydrogens is 242 g/mol. The lowest BCUT2D eigenvalue weighted by atomic mass is 9.96. The molecule has 0 saturated carbocycles. The first-order valence-corrected chi connectivity index (χ1v) is 7.95. The Hall–Kier alpha value is -0.180. The summed E-state index contributed by atoms with van der Waals surface area (Å²) in [5.41, 5.74) is -0.607. The van der Waals surface area contributed by atoms with Crippen LogP contribution in [-0.2, 0) is 19.9 Å². The van der Waals surface area contributed by atoms with Gasteiger partial charge in [-0.2, -0.15) is 0 Å². The summed E-state index contributed by atoms with van der Waals surface area (Å²) in [4.78, 5) is 0. The number of nitrogens with one attached hydrogen (secondary N) is 1. The van der Waals surface area contributed by atoms with E-state index < -0.39 is 30.4 Å². The Morgan fingerprint density at radius 3 is 2.00 bits per heavy atom. The van der Waals surface area contributed by atoms with E-state index in [-0.39, 0.29) is 13.2 Å². The smallest absolute Gasteiger partial charge is 0.226 e. The lowest BCUT2D eigenvalue weighted by Gasteiger charge is -2.21. The molecule has 0 aromatic heterocycles. The van der Waals surface area contributed by atoms with Crippen molar-refractivity contribution in [2.24, 2.45) is 5.41 Å². The standard InChI is InChI=1S/C7H17NO5S2/c1-7(2,5-9)4-8-15(12,13)6-14(3,10)11/h8-9H,4-6H2,1-3H3. The lowest BCUT2D eigenvalue weighted by Crippen LogP contribution is -2.38. The summed E-state index contributed by atoms with van der Waals surface area (Å²) in [6, 6.07) is 0. The Morgan fingerprint density at radius 1 is 1.20 bits per heavy atom. The van der Waals surface area contributed by atoms with Crippen LogP contribution in [-0.4, -0.2) is 46.4 Å². The van der Waals surface area contributed by atoms with E-state index in [2.05, 4.69) is 4.72 Å². The van der Waals surface area contributed by atoms with Crippen LogP contribution in [0, 0.1) is 5.41 Å². The molecule has 6 nitrogen and oxygen atoms in total. The van der Waals surface area contributed by atoms with E-state index in [0.717, 1.165) is 6.26 Å². The highest BCUT2D eigenvalue weighted by atomic mass is 32.3. The van der Waals surface area contributed by atoms with Crippen molar-refractivity contribution in [3.63, 3.8) is 0 Å². The molecule has 0 atom stereocenters. The second-order valence-corrected chi connectivity index (χ2v) is 8.61. The third kappa shape index (κ3) is 7.71. The van der Waals surface area contributed by atoms with Gasteiger partial charge in [-0.3, -0.25) is 0 Å². The molecule has 8 heteroatoms. The van der Waals surface area contributed by atoms with Gasteiger partial charge in [-0.1, -0.05) is 13.8 Å². The SMILES string of the molecule is CC(C)(CO)CNS(=O)(=O)CS(C)(=O)=O. The topological polar surface area (TPSA) is 101 Å². The molecule has 15 heavy (non-hydrogen) atoms. The highest BCUT2D eigenvalue weighted by molar-refractivity contribution is 8.06. The summed E-state index contributed by atoms with van der Waals surface area (Å²) in [5.74, 6) is 0. The van der Waals surface area contributed by atoms with Crippen LogP contribution >= 0.6 is 0 Å². The van der Waals surface area contributed by atoms with Crippen LogP contribution in [0.3, 0.4) is 0 Å². The normalized spacial score (nSPS) is 14.1. The van der Waals surface area contributed by atoms with Crippen LogP contribution in [0.1, 0.15) is 13.8 Å². The first-order valence-electron chi connectivity index (χ1n) is 4.23. The van der Waals surface area contributed by atoms with Gasteiger partial charge in [0.25, 0.3) is 0 Å². The third-order valence-corrected chi connectivity index (χ3v) is 5.11. The maximum absolute atomic E-state index is 11.2. The van der Waals surface area contributed by atoms with Crippen LogP contribution in [0.5, 0.6) is 0 Å². The average Bonchev–Trinajstić information content (AvgIpc) is 1.97. The summed E-state index contributed by atoms with van der Waals surface area (Å²) in [6.07, 6.45) is 0.851. The number of aliphatic hydroxyl groups excluding tert-OH is 1. The van der Waals surface area contributed by atoms with Gasteiger partial charge in [0.2, 0.25) is 10.0 Å². The molecular formula is C7H17NO5S2. The molecule has 0 saturated heterocycles. The van der Waals surface area contributed by atoms with Gasteiger partial charge in [0.15, 0.2) is 14.9 Å². The molecule has 0 bridgehead atoms. The van der Waals surface area contributed by atoms with Gasteiger partial charge < -0.3 is 5.11 Å². The maximum Gasteiger partial charge on any atom is 0.226 e. The molecule has 0 aliphatic heterocycles. The predicted octanol–water partition coefficient (Wildman–Crippen LogP) is -1.07. The molecule has 92 valence electrons. The molecule has 0 unspecified atom stereocenters. The molecule has 2 N–H and O–H groups in total. The molecule has 0 aliphatic rings. The first-order chi connectivity index (χ1) is 6.47. The van der Waals surface area contributed by atoms with Gasteiger partial charge in [0.1, 0.15) is 0 Å². The van der Waals surface area contributed by atoms with Gasteiger partial charge in [0.05, 0.1) is 0 Å². The van der Waals surface area contributed by atoms with Crippen molar-refractivity contribution in [3.8, 4) is 0 Å². The van der Waals surface area contributed by atoms with Crippen molar-refractivity contribution in [1.82, 2.24) is 4.72 Å². The Bertz CT molecular complexity index is 395. The fourth-order valence-corrected chi connectivity index (χ4v) is 3.88. The van der Waals surface area contributed by atoms with Crippen LogP contribution in [0.4, 0.5) is 0 Å². The fraction of sp³-hybridized carbons (Fsp3) is 1.00. The van der Waals surface area contributed by atoms with Crippen LogP contribution in [0.15, 0.2) is 0 Å². The monoisotopic (exact) mass is 259 g/mol. The van der Waals surface area contributed by atoms with Crippen LogP contribution in [0.25, 0.3) is 0 Å². The van der Waals surface area contributed by atoms with Gasteiger partial charge in [-0.05, 0) is 0 Å². The highest BCUT2D eigenvalue weighted by Crippen LogP contribution is 2.11. The van der Waals surface area contributed by atoms with E-state index in [1.54, 1.807) is 13.8 Å². The summed E-state index contributed by atoms with van der Waals surface area (Å²) in [5, 5.41) is 7.94. The minimum Gasteiger partial charge on any atom is -0.396 e. The number of hydrogen-bond donors (Lipinski definition) is 2. The number of aliphatic hydroxyl groups is 1. The maximum atomic E-state index is 11.2. The van der Waals surface area contributed by atoms with Crippen LogP contribution < -0.4 is 4.72 Å². The van der Waals surface area contributed by atoms with Gasteiger partial charge in [-0.25, -0.2) is 21.6 Å². The zero-order chi connectivity index (χ0) is 12.3. The number of rotatable bonds is 6. The number of sulfone groups is 1. The predicted molar refractivity (Wildman–Crippen MR) is 57.5 cm³/mol.